The van der Waals surface area contributed by atoms with E-state index in [2.05, 4.69) is 0 Å². The van der Waals surface area contributed by atoms with Gasteiger partial charge in [-0.15, -0.1) is 0 Å². The summed E-state index contributed by atoms with van der Waals surface area (Å²) in [6, 6.07) is 10.7. The summed E-state index contributed by atoms with van der Waals surface area (Å²) in [5.41, 5.74) is 2.09. The van der Waals surface area contributed by atoms with E-state index >= 15 is 0 Å². The van der Waals surface area contributed by atoms with Gasteiger partial charge in [-0.25, -0.2) is 0 Å². The number of carbonyl (C=O) groups is 1. The summed E-state index contributed by atoms with van der Waals surface area (Å²) >= 11 is 6.23. The molecule has 0 spiro atoms. The summed E-state index contributed by atoms with van der Waals surface area (Å²) in [7, 11) is 0. The summed E-state index contributed by atoms with van der Waals surface area (Å²) in [6.07, 6.45) is 0. The number of aryl methyl sites for hydroxylation is 1. The average Bonchev–Trinajstić information content (AvgIpc) is 2.54. The van der Waals surface area contributed by atoms with E-state index in [1.807, 2.05) is 29.7 Å². The molecule has 1 aromatic heterocycles. The Morgan fingerprint density at radius 3 is 2.65 bits per heavy atom. The maximum atomic E-state index is 12.7. The summed E-state index contributed by atoms with van der Waals surface area (Å²) in [5.74, 6) is -0.345. The number of para-hydroxylation sites is 1. The van der Waals surface area contributed by atoms with Crippen molar-refractivity contribution in [2.75, 3.05) is 6.61 Å². The van der Waals surface area contributed by atoms with Crippen molar-refractivity contribution in [2.24, 2.45) is 0 Å². The number of rotatable bonds is 3. The minimum atomic E-state index is -0.345. The van der Waals surface area contributed by atoms with Crippen molar-refractivity contribution < 1.29 is 9.53 Å². The predicted octanol–water partition coefficient (Wildman–Crippen LogP) is 3.68. The fourth-order valence-electron chi connectivity index (χ4n) is 2.87. The smallest absolute Gasteiger partial charge is 0.325 e. The number of nitrogens with zero attached hydrogens (tertiary/aromatic N) is 1. The van der Waals surface area contributed by atoms with E-state index in [4.69, 9.17) is 16.3 Å². The zero-order chi connectivity index (χ0) is 16.6. The Morgan fingerprint density at radius 1 is 1.17 bits per heavy atom. The molecule has 0 fully saturated rings. The molecule has 0 N–H and O–H groups in total. The van der Waals surface area contributed by atoms with E-state index in [-0.39, 0.29) is 17.9 Å². The second-order valence-corrected chi connectivity index (χ2v) is 5.71. The molecular formula is C18H16ClNO3. The number of fused-ring (bicyclic) bond motifs is 2. The monoisotopic (exact) mass is 329 g/mol. The summed E-state index contributed by atoms with van der Waals surface area (Å²) in [5, 5.41) is 1.69. The predicted molar refractivity (Wildman–Crippen MR) is 92.1 cm³/mol. The molecule has 0 aliphatic carbocycles. The van der Waals surface area contributed by atoms with Gasteiger partial charge in [-0.05, 0) is 43.7 Å². The molecule has 0 saturated carbocycles. The first-order valence-corrected chi connectivity index (χ1v) is 7.78. The Morgan fingerprint density at radius 2 is 1.91 bits per heavy atom. The number of benzene rings is 2. The van der Waals surface area contributed by atoms with Gasteiger partial charge in [0.1, 0.15) is 6.54 Å². The van der Waals surface area contributed by atoms with Crippen molar-refractivity contribution in [2.45, 2.75) is 20.4 Å². The van der Waals surface area contributed by atoms with E-state index in [9.17, 15) is 9.59 Å². The van der Waals surface area contributed by atoms with Gasteiger partial charge in [-0.3, -0.25) is 9.59 Å². The number of hydrogen-bond acceptors (Lipinski definition) is 3. The van der Waals surface area contributed by atoms with Crippen LogP contribution in [-0.4, -0.2) is 17.1 Å². The van der Waals surface area contributed by atoms with Gasteiger partial charge in [0.15, 0.2) is 5.43 Å². The SMILES string of the molecule is CCOC(=O)Cn1c2ccccc2c(=O)c2ccc(Cl)c(C)c21. The second-order valence-electron chi connectivity index (χ2n) is 5.31. The minimum absolute atomic E-state index is 0.0340. The van der Waals surface area contributed by atoms with Crippen LogP contribution in [0.4, 0.5) is 0 Å². The van der Waals surface area contributed by atoms with Crippen LogP contribution in [0.3, 0.4) is 0 Å². The number of halogens is 1. The number of ether oxygens (including phenoxy) is 1. The highest BCUT2D eigenvalue weighted by atomic mass is 35.5. The molecular weight excluding hydrogens is 314 g/mol. The molecule has 0 saturated heterocycles. The lowest BCUT2D eigenvalue weighted by molar-refractivity contribution is -0.143. The molecule has 5 heteroatoms. The highest BCUT2D eigenvalue weighted by molar-refractivity contribution is 6.32. The number of carbonyl (C=O) groups excluding carboxylic acids is 1. The molecule has 3 aromatic rings. The van der Waals surface area contributed by atoms with Gasteiger partial charge in [0.05, 0.1) is 17.6 Å². The van der Waals surface area contributed by atoms with Crippen LogP contribution < -0.4 is 5.43 Å². The largest absolute Gasteiger partial charge is 0.465 e. The van der Waals surface area contributed by atoms with Crippen molar-refractivity contribution in [1.82, 2.24) is 4.57 Å². The fourth-order valence-corrected chi connectivity index (χ4v) is 3.03. The third kappa shape index (κ3) is 2.59. The van der Waals surface area contributed by atoms with E-state index in [1.165, 1.54) is 0 Å². The zero-order valence-electron chi connectivity index (χ0n) is 12.9. The Labute approximate surface area is 138 Å². The first-order chi connectivity index (χ1) is 11.0. The highest BCUT2D eigenvalue weighted by Gasteiger charge is 2.16. The second kappa shape index (κ2) is 6.05. The molecule has 0 aliphatic rings. The average molecular weight is 330 g/mol. The zero-order valence-corrected chi connectivity index (χ0v) is 13.7. The van der Waals surface area contributed by atoms with Crippen LogP contribution in [0.15, 0.2) is 41.2 Å². The summed E-state index contributed by atoms with van der Waals surface area (Å²) in [4.78, 5) is 24.8. The molecule has 0 aliphatic heterocycles. The lowest BCUT2D eigenvalue weighted by Crippen LogP contribution is -2.18. The normalized spacial score (nSPS) is 11.1. The molecule has 0 atom stereocenters. The highest BCUT2D eigenvalue weighted by Crippen LogP contribution is 2.27. The van der Waals surface area contributed by atoms with Gasteiger partial charge in [0, 0.05) is 15.8 Å². The van der Waals surface area contributed by atoms with E-state index in [0.29, 0.717) is 33.4 Å². The van der Waals surface area contributed by atoms with Gasteiger partial charge in [-0.1, -0.05) is 23.7 Å². The molecule has 0 radical (unpaired) electrons. The Bertz CT molecular complexity index is 975. The van der Waals surface area contributed by atoms with Crippen LogP contribution in [0.1, 0.15) is 12.5 Å². The number of hydrogen-bond donors (Lipinski definition) is 0. The number of pyridine rings is 1. The molecule has 0 bridgehead atoms. The molecule has 0 amide bonds. The van der Waals surface area contributed by atoms with Crippen LogP contribution in [0, 0.1) is 6.92 Å². The molecule has 23 heavy (non-hydrogen) atoms. The van der Waals surface area contributed by atoms with Crippen molar-refractivity contribution in [3.63, 3.8) is 0 Å². The van der Waals surface area contributed by atoms with Crippen molar-refractivity contribution in [3.8, 4) is 0 Å². The Kier molecular flexibility index (Phi) is 4.09. The van der Waals surface area contributed by atoms with Crippen LogP contribution >= 0.6 is 11.6 Å². The van der Waals surface area contributed by atoms with E-state index in [1.54, 1.807) is 25.1 Å². The standard InChI is InChI=1S/C18H16ClNO3/c1-3-23-16(21)10-20-15-7-5-4-6-12(15)18(22)13-8-9-14(19)11(2)17(13)20/h4-9H,3,10H2,1-2H3. The van der Waals surface area contributed by atoms with Gasteiger partial charge in [-0.2, -0.15) is 0 Å². The third-order valence-electron chi connectivity index (χ3n) is 3.91. The quantitative estimate of drug-likeness (QED) is 0.544. The summed E-state index contributed by atoms with van der Waals surface area (Å²) < 4.78 is 6.88. The first-order valence-electron chi connectivity index (χ1n) is 7.40. The van der Waals surface area contributed by atoms with Gasteiger partial charge in [0.25, 0.3) is 0 Å². The van der Waals surface area contributed by atoms with Crippen LogP contribution in [-0.2, 0) is 16.1 Å². The molecule has 118 valence electrons. The fraction of sp³-hybridized carbons (Fsp3) is 0.222. The lowest BCUT2D eigenvalue weighted by Gasteiger charge is -2.16. The molecule has 3 rings (SSSR count). The van der Waals surface area contributed by atoms with E-state index in [0.717, 1.165) is 5.56 Å². The van der Waals surface area contributed by atoms with Crippen molar-refractivity contribution >= 4 is 39.4 Å². The molecule has 1 heterocycles. The molecule has 2 aromatic carbocycles. The number of aromatic nitrogens is 1. The van der Waals surface area contributed by atoms with Gasteiger partial charge >= 0.3 is 5.97 Å². The Hall–Kier alpha value is -2.33. The molecule has 4 nitrogen and oxygen atoms in total. The van der Waals surface area contributed by atoms with Crippen molar-refractivity contribution in [1.29, 1.82) is 0 Å². The van der Waals surface area contributed by atoms with Crippen LogP contribution in [0.25, 0.3) is 21.8 Å². The van der Waals surface area contributed by atoms with Gasteiger partial charge < -0.3 is 9.30 Å². The van der Waals surface area contributed by atoms with Crippen LogP contribution in [0.2, 0.25) is 5.02 Å². The van der Waals surface area contributed by atoms with Crippen LogP contribution in [0.5, 0.6) is 0 Å². The first kappa shape index (κ1) is 15.6. The van der Waals surface area contributed by atoms with Crippen molar-refractivity contribution in [3.05, 3.63) is 57.2 Å². The lowest BCUT2D eigenvalue weighted by atomic mass is 10.1. The maximum Gasteiger partial charge on any atom is 0.325 e. The minimum Gasteiger partial charge on any atom is -0.465 e. The maximum absolute atomic E-state index is 12.7. The summed E-state index contributed by atoms with van der Waals surface area (Å²) in [6.45, 7) is 3.96. The van der Waals surface area contributed by atoms with Gasteiger partial charge in [0.2, 0.25) is 0 Å². The number of esters is 1. The topological polar surface area (TPSA) is 48.3 Å². The third-order valence-corrected chi connectivity index (χ3v) is 4.32. The van der Waals surface area contributed by atoms with E-state index < -0.39 is 0 Å². The molecule has 0 unspecified atom stereocenters. The Balaban J connectivity index is 2.45.